The summed E-state index contributed by atoms with van der Waals surface area (Å²) >= 11 is 0. The SMILES string of the molecule is CCOCC(C(=O)OCC)N(C(=O)OC(C)(C)C)C(=O)OC(C)(C)C. The van der Waals surface area contributed by atoms with Crippen LogP contribution in [0, 0.1) is 0 Å². The predicted octanol–water partition coefficient (Wildman–Crippen LogP) is 3.13. The van der Waals surface area contributed by atoms with Gasteiger partial charge in [0.15, 0.2) is 6.04 Å². The average Bonchev–Trinajstić information content (AvgIpc) is 2.39. The molecule has 8 heteroatoms. The summed E-state index contributed by atoms with van der Waals surface area (Å²) in [5.74, 6) is -0.771. The molecule has 0 bridgehead atoms. The van der Waals surface area contributed by atoms with Crippen LogP contribution in [0.2, 0.25) is 0 Å². The van der Waals surface area contributed by atoms with Gasteiger partial charge in [0.2, 0.25) is 0 Å². The number of esters is 1. The van der Waals surface area contributed by atoms with Crippen molar-refractivity contribution in [2.75, 3.05) is 19.8 Å². The number of nitrogens with zero attached hydrogens (tertiary/aromatic N) is 1. The maximum Gasteiger partial charge on any atom is 0.420 e. The number of imide groups is 1. The van der Waals surface area contributed by atoms with Gasteiger partial charge in [-0.3, -0.25) is 0 Å². The molecule has 0 aliphatic carbocycles. The Balaban J connectivity index is 5.71. The monoisotopic (exact) mass is 361 g/mol. The van der Waals surface area contributed by atoms with Crippen LogP contribution in [0.1, 0.15) is 55.4 Å². The second kappa shape index (κ2) is 9.60. The molecule has 0 heterocycles. The van der Waals surface area contributed by atoms with Crippen LogP contribution in [-0.4, -0.2) is 60.1 Å². The second-order valence-corrected chi connectivity index (χ2v) is 7.26. The largest absolute Gasteiger partial charge is 0.464 e. The van der Waals surface area contributed by atoms with Gasteiger partial charge in [-0.1, -0.05) is 0 Å². The molecule has 146 valence electrons. The molecule has 0 saturated carbocycles. The lowest BCUT2D eigenvalue weighted by atomic mass is 10.2. The molecule has 0 N–H and O–H groups in total. The molecule has 0 aromatic carbocycles. The summed E-state index contributed by atoms with van der Waals surface area (Å²) in [7, 11) is 0. The molecule has 25 heavy (non-hydrogen) atoms. The zero-order chi connectivity index (χ0) is 19.8. The van der Waals surface area contributed by atoms with E-state index in [1.165, 1.54) is 0 Å². The Morgan fingerprint density at radius 3 is 1.60 bits per heavy atom. The van der Waals surface area contributed by atoms with Crippen molar-refractivity contribution in [3.8, 4) is 0 Å². The molecular formula is C17H31NO7. The fraction of sp³-hybridized carbons (Fsp3) is 0.824. The van der Waals surface area contributed by atoms with Crippen molar-refractivity contribution in [3.05, 3.63) is 0 Å². The van der Waals surface area contributed by atoms with Crippen molar-refractivity contribution in [1.29, 1.82) is 0 Å². The van der Waals surface area contributed by atoms with Crippen molar-refractivity contribution < 1.29 is 33.3 Å². The van der Waals surface area contributed by atoms with E-state index in [-0.39, 0.29) is 13.2 Å². The number of rotatable bonds is 6. The summed E-state index contributed by atoms with van der Waals surface area (Å²) in [6.45, 7) is 13.5. The van der Waals surface area contributed by atoms with Gasteiger partial charge >= 0.3 is 18.2 Å². The maximum absolute atomic E-state index is 12.5. The van der Waals surface area contributed by atoms with Crippen LogP contribution in [0.25, 0.3) is 0 Å². The lowest BCUT2D eigenvalue weighted by molar-refractivity contribution is -0.151. The molecule has 1 unspecified atom stereocenters. The highest BCUT2D eigenvalue weighted by Gasteiger charge is 2.41. The molecular weight excluding hydrogens is 330 g/mol. The number of hydrogen-bond donors (Lipinski definition) is 0. The normalized spacial score (nSPS) is 13.0. The van der Waals surface area contributed by atoms with Crippen molar-refractivity contribution in [3.63, 3.8) is 0 Å². The van der Waals surface area contributed by atoms with Crippen LogP contribution in [0.3, 0.4) is 0 Å². The first-order chi connectivity index (χ1) is 11.3. The molecule has 0 aliphatic rings. The summed E-state index contributed by atoms with van der Waals surface area (Å²) < 4.78 is 20.7. The van der Waals surface area contributed by atoms with Crippen LogP contribution in [0.15, 0.2) is 0 Å². The first kappa shape index (κ1) is 23.2. The summed E-state index contributed by atoms with van der Waals surface area (Å²) in [4.78, 5) is 38.0. The fourth-order valence-electron chi connectivity index (χ4n) is 1.67. The molecule has 0 aliphatic heterocycles. The quantitative estimate of drug-likeness (QED) is 0.530. The Morgan fingerprint density at radius 1 is 0.840 bits per heavy atom. The number of hydrogen-bond acceptors (Lipinski definition) is 7. The molecule has 0 aromatic rings. The summed E-state index contributed by atoms with van der Waals surface area (Å²) in [6, 6.07) is -1.30. The highest BCUT2D eigenvalue weighted by Crippen LogP contribution is 2.18. The zero-order valence-corrected chi connectivity index (χ0v) is 16.5. The van der Waals surface area contributed by atoms with Crippen molar-refractivity contribution in [2.24, 2.45) is 0 Å². The van der Waals surface area contributed by atoms with Crippen LogP contribution in [-0.2, 0) is 23.7 Å². The molecule has 0 radical (unpaired) electrons. The van der Waals surface area contributed by atoms with Gasteiger partial charge in [-0.2, -0.15) is 4.90 Å². The lowest BCUT2D eigenvalue weighted by Crippen LogP contribution is -2.54. The third kappa shape index (κ3) is 9.28. The van der Waals surface area contributed by atoms with Gasteiger partial charge in [0, 0.05) is 6.61 Å². The fourth-order valence-corrected chi connectivity index (χ4v) is 1.67. The first-order valence-corrected chi connectivity index (χ1v) is 8.32. The Bertz CT molecular complexity index is 435. The standard InChI is InChI=1S/C17H31NO7/c1-9-22-11-12(13(19)23-10-2)18(14(20)24-16(3,4)5)15(21)25-17(6,7)8/h12H,9-11H2,1-8H3. The number of carbonyl (C=O) groups is 3. The van der Waals surface area contributed by atoms with Gasteiger partial charge in [-0.25, -0.2) is 14.4 Å². The van der Waals surface area contributed by atoms with E-state index in [2.05, 4.69) is 0 Å². The predicted molar refractivity (Wildman–Crippen MR) is 91.2 cm³/mol. The first-order valence-electron chi connectivity index (χ1n) is 8.32. The Morgan fingerprint density at radius 2 is 1.28 bits per heavy atom. The van der Waals surface area contributed by atoms with E-state index in [1.807, 2.05) is 0 Å². The summed E-state index contributed by atoms with van der Waals surface area (Å²) in [5.41, 5.74) is -1.72. The number of ether oxygens (including phenoxy) is 4. The smallest absolute Gasteiger partial charge is 0.420 e. The highest BCUT2D eigenvalue weighted by atomic mass is 16.6. The molecule has 2 amide bonds. The minimum Gasteiger partial charge on any atom is -0.464 e. The van der Waals surface area contributed by atoms with Crippen LogP contribution < -0.4 is 0 Å². The maximum atomic E-state index is 12.5. The van der Waals surface area contributed by atoms with Gasteiger partial charge in [0.1, 0.15) is 11.2 Å². The summed E-state index contributed by atoms with van der Waals surface area (Å²) in [5, 5.41) is 0. The third-order valence-electron chi connectivity index (χ3n) is 2.53. The minimum absolute atomic E-state index is 0.0952. The Labute approximate surface area is 149 Å². The van der Waals surface area contributed by atoms with Crippen molar-refractivity contribution in [1.82, 2.24) is 4.90 Å². The zero-order valence-electron chi connectivity index (χ0n) is 16.5. The Hall–Kier alpha value is -1.83. The minimum atomic E-state index is -1.30. The van der Waals surface area contributed by atoms with Crippen LogP contribution >= 0.6 is 0 Å². The van der Waals surface area contributed by atoms with E-state index in [0.29, 0.717) is 11.5 Å². The second-order valence-electron chi connectivity index (χ2n) is 7.26. The van der Waals surface area contributed by atoms with Gasteiger partial charge in [-0.15, -0.1) is 0 Å². The molecule has 0 fully saturated rings. The lowest BCUT2D eigenvalue weighted by Gasteiger charge is -2.32. The molecule has 0 aromatic heterocycles. The summed E-state index contributed by atoms with van der Waals surface area (Å²) in [6.07, 6.45) is -2.00. The van der Waals surface area contributed by atoms with E-state index in [0.717, 1.165) is 0 Å². The third-order valence-corrected chi connectivity index (χ3v) is 2.53. The molecule has 0 rings (SSSR count). The van der Waals surface area contributed by atoms with Crippen molar-refractivity contribution >= 4 is 18.2 Å². The Kier molecular flexibility index (Phi) is 8.90. The van der Waals surface area contributed by atoms with E-state index >= 15 is 0 Å². The van der Waals surface area contributed by atoms with Crippen LogP contribution in [0.4, 0.5) is 9.59 Å². The van der Waals surface area contributed by atoms with Gasteiger partial charge in [0.05, 0.1) is 13.2 Å². The van der Waals surface area contributed by atoms with E-state index in [4.69, 9.17) is 18.9 Å². The number of carbonyl (C=O) groups excluding carboxylic acids is 3. The molecule has 8 nitrogen and oxygen atoms in total. The number of amides is 2. The van der Waals surface area contributed by atoms with Crippen molar-refractivity contribution in [2.45, 2.75) is 72.6 Å². The highest BCUT2D eigenvalue weighted by molar-refractivity contribution is 5.94. The van der Waals surface area contributed by atoms with Crippen LogP contribution in [0.5, 0.6) is 0 Å². The van der Waals surface area contributed by atoms with E-state index in [1.54, 1.807) is 55.4 Å². The van der Waals surface area contributed by atoms with Gasteiger partial charge in [-0.05, 0) is 55.4 Å². The van der Waals surface area contributed by atoms with E-state index in [9.17, 15) is 14.4 Å². The molecule has 0 saturated heterocycles. The average molecular weight is 361 g/mol. The van der Waals surface area contributed by atoms with Gasteiger partial charge < -0.3 is 18.9 Å². The topological polar surface area (TPSA) is 91.4 Å². The molecule has 1 atom stereocenters. The molecule has 0 spiro atoms. The van der Waals surface area contributed by atoms with E-state index < -0.39 is 35.4 Å². The van der Waals surface area contributed by atoms with Gasteiger partial charge in [0.25, 0.3) is 0 Å².